The second-order valence-corrected chi connectivity index (χ2v) is 6.41. The summed E-state index contributed by atoms with van der Waals surface area (Å²) in [7, 11) is 1.72. The molecule has 1 amide bonds. The van der Waals surface area contributed by atoms with Gasteiger partial charge in [0.2, 0.25) is 5.91 Å². The fourth-order valence-electron chi connectivity index (χ4n) is 3.60. The van der Waals surface area contributed by atoms with Crippen LogP contribution in [0.4, 0.5) is 5.69 Å². The minimum absolute atomic E-state index is 0.0141. The number of hydrogen-bond donors (Lipinski definition) is 2. The number of benzene rings is 1. The lowest BCUT2D eigenvalue weighted by Gasteiger charge is -2.37. The molecule has 1 aromatic carbocycles. The molecule has 0 radical (unpaired) electrons. The van der Waals surface area contributed by atoms with Crippen molar-refractivity contribution in [2.75, 3.05) is 25.9 Å². The average Bonchev–Trinajstić information content (AvgIpc) is 2.52. The smallest absolute Gasteiger partial charge is 0.237 e. The summed E-state index contributed by atoms with van der Waals surface area (Å²) in [6.45, 7) is 8.28. The highest BCUT2D eigenvalue weighted by molar-refractivity contribution is 5.81. The maximum atomic E-state index is 12.0. The van der Waals surface area contributed by atoms with Crippen molar-refractivity contribution in [2.24, 2.45) is 0 Å². The molecule has 1 atom stereocenters. The van der Waals surface area contributed by atoms with Gasteiger partial charge in [-0.05, 0) is 74.9 Å². The minimum Gasteiger partial charge on any atom is -0.399 e. The highest BCUT2D eigenvalue weighted by Crippen LogP contribution is 2.33. The summed E-state index contributed by atoms with van der Waals surface area (Å²) in [4.78, 5) is 14.3. The number of rotatable bonds is 4. The molecule has 1 heterocycles. The van der Waals surface area contributed by atoms with Crippen molar-refractivity contribution in [3.63, 3.8) is 0 Å². The molecule has 22 heavy (non-hydrogen) atoms. The lowest BCUT2D eigenvalue weighted by atomic mass is 9.85. The lowest BCUT2D eigenvalue weighted by molar-refractivity contribution is -0.126. The van der Waals surface area contributed by atoms with E-state index in [0.29, 0.717) is 5.92 Å². The van der Waals surface area contributed by atoms with Crippen molar-refractivity contribution in [3.05, 3.63) is 28.8 Å². The summed E-state index contributed by atoms with van der Waals surface area (Å²) in [6, 6.07) is 4.36. The molecule has 1 unspecified atom stereocenters. The fraction of sp³-hybridized carbons (Fsp3) is 0.611. The van der Waals surface area contributed by atoms with Gasteiger partial charge in [0.1, 0.15) is 0 Å². The summed E-state index contributed by atoms with van der Waals surface area (Å²) in [5.74, 6) is 0.721. The van der Waals surface area contributed by atoms with E-state index in [1.165, 1.54) is 16.7 Å². The molecule has 122 valence electrons. The lowest BCUT2D eigenvalue weighted by Crippen LogP contribution is -2.48. The molecule has 1 aromatic rings. The number of aryl methyl sites for hydroxylation is 2. The SMILES string of the molecule is CCC(C(=O)NC)N1CCC(c2cc(C)c(N)cc2C)CC1. The van der Waals surface area contributed by atoms with Crippen LogP contribution in [0, 0.1) is 13.8 Å². The van der Waals surface area contributed by atoms with Crippen molar-refractivity contribution in [2.45, 2.75) is 52.0 Å². The number of likely N-dealkylation sites (N-methyl/N-ethyl adjacent to an activating group) is 1. The molecule has 3 N–H and O–H groups in total. The summed E-state index contributed by atoms with van der Waals surface area (Å²) in [6.07, 6.45) is 3.08. The van der Waals surface area contributed by atoms with Crippen LogP contribution in [0.25, 0.3) is 0 Å². The van der Waals surface area contributed by atoms with E-state index in [1.54, 1.807) is 7.05 Å². The molecule has 0 bridgehead atoms. The molecule has 1 aliphatic rings. The van der Waals surface area contributed by atoms with E-state index in [9.17, 15) is 4.79 Å². The summed E-state index contributed by atoms with van der Waals surface area (Å²) < 4.78 is 0. The highest BCUT2D eigenvalue weighted by atomic mass is 16.2. The highest BCUT2D eigenvalue weighted by Gasteiger charge is 2.29. The Hall–Kier alpha value is -1.55. The van der Waals surface area contributed by atoms with Crippen LogP contribution >= 0.6 is 0 Å². The number of likely N-dealkylation sites (tertiary alicyclic amines) is 1. The first-order valence-electron chi connectivity index (χ1n) is 8.30. The van der Waals surface area contributed by atoms with Gasteiger partial charge in [0.05, 0.1) is 6.04 Å². The van der Waals surface area contributed by atoms with Crippen molar-refractivity contribution in [3.8, 4) is 0 Å². The molecule has 0 aromatic heterocycles. The number of nitrogens with two attached hydrogens (primary N) is 1. The molecule has 4 heteroatoms. The first-order chi connectivity index (χ1) is 10.5. The molecule has 0 spiro atoms. The molecular formula is C18H29N3O. The average molecular weight is 303 g/mol. The Morgan fingerprint density at radius 2 is 1.95 bits per heavy atom. The summed E-state index contributed by atoms with van der Waals surface area (Å²) in [5.41, 5.74) is 10.8. The zero-order valence-corrected chi connectivity index (χ0v) is 14.3. The van der Waals surface area contributed by atoms with Crippen LogP contribution in [0.5, 0.6) is 0 Å². The number of hydrogen-bond acceptors (Lipinski definition) is 3. The van der Waals surface area contributed by atoms with Crippen molar-refractivity contribution < 1.29 is 4.79 Å². The first-order valence-corrected chi connectivity index (χ1v) is 8.30. The third-order valence-corrected chi connectivity index (χ3v) is 5.00. The monoisotopic (exact) mass is 303 g/mol. The molecule has 1 aliphatic heterocycles. The molecule has 0 aliphatic carbocycles. The number of anilines is 1. The van der Waals surface area contributed by atoms with Crippen LogP contribution in [0.1, 0.15) is 48.8 Å². The number of piperidine rings is 1. The Balaban J connectivity index is 2.06. The second kappa shape index (κ2) is 7.14. The van der Waals surface area contributed by atoms with Crippen molar-refractivity contribution >= 4 is 11.6 Å². The minimum atomic E-state index is 0.0141. The molecule has 1 fully saturated rings. The standard InChI is InChI=1S/C18H29N3O/c1-5-17(18(22)20-4)21-8-6-14(7-9-21)15-10-13(3)16(19)11-12(15)2/h10-11,14,17H,5-9,19H2,1-4H3,(H,20,22). The van der Waals surface area contributed by atoms with E-state index in [1.807, 2.05) is 0 Å². The van der Waals surface area contributed by atoms with E-state index in [2.05, 4.69) is 43.1 Å². The topological polar surface area (TPSA) is 58.4 Å². The molecule has 1 saturated heterocycles. The number of amides is 1. The largest absolute Gasteiger partial charge is 0.399 e. The van der Waals surface area contributed by atoms with Gasteiger partial charge in [0.15, 0.2) is 0 Å². The van der Waals surface area contributed by atoms with Gasteiger partial charge < -0.3 is 11.1 Å². The zero-order valence-electron chi connectivity index (χ0n) is 14.3. The van der Waals surface area contributed by atoms with Crippen LogP contribution in [0.3, 0.4) is 0 Å². The maximum Gasteiger partial charge on any atom is 0.237 e. The Morgan fingerprint density at radius 1 is 1.32 bits per heavy atom. The Kier molecular flexibility index (Phi) is 5.46. The Labute approximate surface area is 134 Å². The molecule has 2 rings (SSSR count). The van der Waals surface area contributed by atoms with E-state index in [4.69, 9.17) is 5.73 Å². The number of carbonyl (C=O) groups is 1. The van der Waals surface area contributed by atoms with Crippen LogP contribution in [0.2, 0.25) is 0 Å². The zero-order chi connectivity index (χ0) is 16.3. The van der Waals surface area contributed by atoms with Crippen LogP contribution < -0.4 is 11.1 Å². The van der Waals surface area contributed by atoms with E-state index in [0.717, 1.165) is 38.0 Å². The number of nitrogens with one attached hydrogen (secondary N) is 1. The Bertz CT molecular complexity index is 533. The summed E-state index contributed by atoms with van der Waals surface area (Å²) in [5, 5.41) is 2.78. The van der Waals surface area contributed by atoms with Gasteiger partial charge >= 0.3 is 0 Å². The van der Waals surface area contributed by atoms with Crippen molar-refractivity contribution in [1.29, 1.82) is 0 Å². The van der Waals surface area contributed by atoms with Crippen molar-refractivity contribution in [1.82, 2.24) is 10.2 Å². The number of nitrogens with zero attached hydrogens (tertiary/aromatic N) is 1. The molecule has 0 saturated carbocycles. The van der Waals surface area contributed by atoms with Gasteiger partial charge in [0.25, 0.3) is 0 Å². The normalized spacial score (nSPS) is 18.2. The van der Waals surface area contributed by atoms with Gasteiger partial charge in [-0.2, -0.15) is 0 Å². The van der Waals surface area contributed by atoms with E-state index < -0.39 is 0 Å². The summed E-state index contributed by atoms with van der Waals surface area (Å²) >= 11 is 0. The van der Waals surface area contributed by atoms with Crippen LogP contribution in [0.15, 0.2) is 12.1 Å². The van der Waals surface area contributed by atoms with Gasteiger partial charge in [-0.25, -0.2) is 0 Å². The second-order valence-electron chi connectivity index (χ2n) is 6.41. The van der Waals surface area contributed by atoms with Gasteiger partial charge in [-0.1, -0.05) is 13.0 Å². The van der Waals surface area contributed by atoms with Crippen LogP contribution in [-0.2, 0) is 4.79 Å². The first kappa shape index (κ1) is 16.8. The van der Waals surface area contributed by atoms with Gasteiger partial charge in [-0.15, -0.1) is 0 Å². The number of nitrogen functional groups attached to an aromatic ring is 1. The van der Waals surface area contributed by atoms with E-state index >= 15 is 0 Å². The third kappa shape index (κ3) is 3.43. The predicted octanol–water partition coefficient (Wildman–Crippen LogP) is 2.59. The quantitative estimate of drug-likeness (QED) is 0.841. The molecular weight excluding hydrogens is 274 g/mol. The van der Waals surface area contributed by atoms with Crippen LogP contribution in [-0.4, -0.2) is 37.0 Å². The third-order valence-electron chi connectivity index (χ3n) is 5.00. The Morgan fingerprint density at radius 3 is 2.50 bits per heavy atom. The van der Waals surface area contributed by atoms with Gasteiger partial charge in [0, 0.05) is 12.7 Å². The predicted molar refractivity (Wildman–Crippen MR) is 92.0 cm³/mol. The van der Waals surface area contributed by atoms with E-state index in [-0.39, 0.29) is 11.9 Å². The fourth-order valence-corrected chi connectivity index (χ4v) is 3.60. The maximum absolute atomic E-state index is 12.0. The number of carbonyl (C=O) groups excluding carboxylic acids is 1. The van der Waals surface area contributed by atoms with Gasteiger partial charge in [-0.3, -0.25) is 9.69 Å². The molecule has 4 nitrogen and oxygen atoms in total.